The van der Waals surface area contributed by atoms with E-state index in [1.54, 1.807) is 19.9 Å². The summed E-state index contributed by atoms with van der Waals surface area (Å²) in [6.07, 6.45) is 0.350. The average molecular weight is 275 g/mol. The highest BCUT2D eigenvalue weighted by molar-refractivity contribution is 5.64. The molecule has 2 rings (SSSR count). The van der Waals surface area contributed by atoms with E-state index in [9.17, 15) is 20.0 Å². The van der Waals surface area contributed by atoms with E-state index in [1.165, 1.54) is 12.1 Å². The highest BCUT2D eigenvalue weighted by Crippen LogP contribution is 2.25. The highest BCUT2D eigenvalue weighted by Gasteiger charge is 2.15. The summed E-state index contributed by atoms with van der Waals surface area (Å²) in [7, 11) is 0. The molecule has 104 valence electrons. The van der Waals surface area contributed by atoms with Crippen molar-refractivity contribution >= 4 is 5.69 Å². The lowest BCUT2D eigenvalue weighted by Crippen LogP contribution is -2.14. The Bertz CT molecular complexity index is 737. The van der Waals surface area contributed by atoms with Gasteiger partial charge in [0.15, 0.2) is 0 Å². The van der Waals surface area contributed by atoms with E-state index in [0.717, 1.165) is 0 Å². The predicted molar refractivity (Wildman–Crippen MR) is 72.7 cm³/mol. The third kappa shape index (κ3) is 2.37. The molecule has 0 amide bonds. The summed E-state index contributed by atoms with van der Waals surface area (Å²) in [5.41, 5.74) is 0.765. The smallest absolute Gasteiger partial charge is 0.270 e. The van der Waals surface area contributed by atoms with Crippen molar-refractivity contribution in [3.05, 3.63) is 49.8 Å². The molecule has 0 spiro atoms. The molecule has 0 saturated heterocycles. The van der Waals surface area contributed by atoms with Gasteiger partial charge in [-0.25, -0.2) is 0 Å². The molecule has 0 atom stereocenters. The number of nitro benzene ring substituents is 1. The van der Waals surface area contributed by atoms with Crippen molar-refractivity contribution in [2.45, 2.75) is 20.3 Å². The Labute approximate surface area is 114 Å². The van der Waals surface area contributed by atoms with Gasteiger partial charge < -0.3 is 10.1 Å². The number of rotatable bonds is 3. The van der Waals surface area contributed by atoms with Crippen molar-refractivity contribution in [1.29, 1.82) is 0 Å². The molecule has 7 heteroatoms. The molecule has 7 nitrogen and oxygen atoms in total. The zero-order chi connectivity index (χ0) is 14.9. The Morgan fingerprint density at radius 1 is 1.45 bits per heavy atom. The Hall–Kier alpha value is -2.70. The number of aromatic amines is 1. The maximum absolute atomic E-state index is 11.8. The third-order valence-corrected chi connectivity index (χ3v) is 3.03. The van der Waals surface area contributed by atoms with Crippen LogP contribution in [0, 0.1) is 17.0 Å². The van der Waals surface area contributed by atoms with Gasteiger partial charge in [-0.1, -0.05) is 13.0 Å². The van der Waals surface area contributed by atoms with Gasteiger partial charge in [-0.3, -0.25) is 14.9 Å². The number of nitrogens with one attached hydrogen (secondary N) is 1. The molecule has 0 aliphatic carbocycles. The van der Waals surface area contributed by atoms with Crippen molar-refractivity contribution < 1.29 is 10.0 Å². The number of aryl methyl sites for hydroxylation is 1. The lowest BCUT2D eigenvalue weighted by molar-refractivity contribution is -0.384. The molecule has 0 bridgehead atoms. The number of benzene rings is 1. The predicted octanol–water partition coefficient (Wildman–Crippen LogP) is 1.92. The van der Waals surface area contributed by atoms with Crippen LogP contribution in [0.25, 0.3) is 11.4 Å². The van der Waals surface area contributed by atoms with Crippen LogP contribution in [0.1, 0.15) is 18.1 Å². The number of aromatic nitrogens is 2. The summed E-state index contributed by atoms with van der Waals surface area (Å²) in [5, 5.41) is 20.5. The maximum atomic E-state index is 11.8. The first-order chi connectivity index (χ1) is 9.43. The molecule has 1 heterocycles. The number of aromatic hydroxyl groups is 1. The van der Waals surface area contributed by atoms with Gasteiger partial charge in [-0.05, 0) is 18.9 Å². The molecule has 2 aromatic rings. The van der Waals surface area contributed by atoms with E-state index in [0.29, 0.717) is 17.5 Å². The first-order valence-electron chi connectivity index (χ1n) is 6.01. The van der Waals surface area contributed by atoms with E-state index in [1.807, 2.05) is 0 Å². The van der Waals surface area contributed by atoms with Crippen LogP contribution in [-0.4, -0.2) is 20.0 Å². The monoisotopic (exact) mass is 275 g/mol. The average Bonchev–Trinajstić information content (AvgIpc) is 2.38. The number of nitro groups is 1. The van der Waals surface area contributed by atoms with Crippen LogP contribution in [0.3, 0.4) is 0 Å². The first-order valence-corrected chi connectivity index (χ1v) is 6.01. The zero-order valence-electron chi connectivity index (χ0n) is 11.0. The first kappa shape index (κ1) is 13.7. The number of hydrogen-bond acceptors (Lipinski definition) is 5. The summed E-state index contributed by atoms with van der Waals surface area (Å²) < 4.78 is 0. The summed E-state index contributed by atoms with van der Waals surface area (Å²) in [4.78, 5) is 28.5. The van der Waals surface area contributed by atoms with Crippen molar-refractivity contribution in [3.63, 3.8) is 0 Å². The molecule has 0 saturated carbocycles. The largest absolute Gasteiger partial charge is 0.493 e. The molecule has 0 unspecified atom stereocenters. The topological polar surface area (TPSA) is 109 Å². The van der Waals surface area contributed by atoms with Crippen molar-refractivity contribution in [1.82, 2.24) is 9.97 Å². The van der Waals surface area contributed by atoms with Crippen LogP contribution in [-0.2, 0) is 6.42 Å². The summed E-state index contributed by atoms with van der Waals surface area (Å²) >= 11 is 0. The fraction of sp³-hybridized carbons (Fsp3) is 0.231. The van der Waals surface area contributed by atoms with Crippen molar-refractivity contribution in [2.24, 2.45) is 0 Å². The molecule has 1 aromatic carbocycles. The van der Waals surface area contributed by atoms with E-state index in [2.05, 4.69) is 9.97 Å². The van der Waals surface area contributed by atoms with Crippen LogP contribution in [0.5, 0.6) is 5.88 Å². The summed E-state index contributed by atoms with van der Waals surface area (Å²) in [5.74, 6) is -0.233. The molecular formula is C13H13N3O4. The Morgan fingerprint density at radius 3 is 2.70 bits per heavy atom. The quantitative estimate of drug-likeness (QED) is 0.657. The van der Waals surface area contributed by atoms with Gasteiger partial charge in [-0.15, -0.1) is 0 Å². The van der Waals surface area contributed by atoms with Gasteiger partial charge in [0, 0.05) is 17.7 Å². The zero-order valence-corrected chi connectivity index (χ0v) is 11.0. The van der Waals surface area contributed by atoms with Gasteiger partial charge in [-0.2, -0.15) is 4.98 Å². The lowest BCUT2D eigenvalue weighted by Gasteiger charge is -2.07. The summed E-state index contributed by atoms with van der Waals surface area (Å²) in [6.45, 7) is 3.47. The fourth-order valence-electron chi connectivity index (χ4n) is 1.91. The third-order valence-electron chi connectivity index (χ3n) is 3.03. The Balaban J connectivity index is 2.65. The maximum Gasteiger partial charge on any atom is 0.270 e. The van der Waals surface area contributed by atoms with Gasteiger partial charge in [0.2, 0.25) is 5.88 Å². The molecule has 20 heavy (non-hydrogen) atoms. The second kappa shape index (κ2) is 5.12. The fourth-order valence-corrected chi connectivity index (χ4v) is 1.91. The van der Waals surface area contributed by atoms with Crippen LogP contribution in [0.15, 0.2) is 23.0 Å². The van der Waals surface area contributed by atoms with E-state index in [4.69, 9.17) is 0 Å². The SMILES string of the molecule is CCc1c(O)nc(-c2cc([N+](=O)[O-])ccc2C)[nH]c1=O. The van der Waals surface area contributed by atoms with Gasteiger partial charge in [0.25, 0.3) is 11.2 Å². The minimum Gasteiger partial charge on any atom is -0.493 e. The highest BCUT2D eigenvalue weighted by atomic mass is 16.6. The number of non-ortho nitro benzene ring substituents is 1. The number of hydrogen-bond donors (Lipinski definition) is 2. The standard InChI is InChI=1S/C13H13N3O4/c1-3-9-12(17)14-11(15-13(9)18)10-6-8(16(19)20)5-4-7(10)2/h4-6H,3H2,1-2H3,(H2,14,15,17,18). The van der Waals surface area contributed by atoms with Crippen LogP contribution >= 0.6 is 0 Å². The Morgan fingerprint density at radius 2 is 2.15 bits per heavy atom. The molecule has 0 fully saturated rings. The minimum atomic E-state index is -0.526. The molecule has 1 aromatic heterocycles. The van der Waals surface area contributed by atoms with Crippen LogP contribution < -0.4 is 5.56 Å². The van der Waals surface area contributed by atoms with Gasteiger partial charge in [0.1, 0.15) is 5.82 Å². The van der Waals surface area contributed by atoms with Crippen LogP contribution in [0.4, 0.5) is 5.69 Å². The Kier molecular flexibility index (Phi) is 3.51. The van der Waals surface area contributed by atoms with Gasteiger partial charge in [0.05, 0.1) is 10.5 Å². The van der Waals surface area contributed by atoms with Crippen molar-refractivity contribution in [3.8, 4) is 17.3 Å². The minimum absolute atomic E-state index is 0.104. The molecule has 0 aliphatic rings. The molecule has 0 radical (unpaired) electrons. The van der Waals surface area contributed by atoms with Gasteiger partial charge >= 0.3 is 0 Å². The van der Waals surface area contributed by atoms with Crippen molar-refractivity contribution in [2.75, 3.05) is 0 Å². The molecule has 0 aliphatic heterocycles. The van der Waals surface area contributed by atoms with E-state index in [-0.39, 0.29) is 23.0 Å². The number of nitrogens with zero attached hydrogens (tertiary/aromatic N) is 2. The summed E-state index contributed by atoms with van der Waals surface area (Å²) in [6, 6.07) is 4.26. The molecule has 2 N–H and O–H groups in total. The lowest BCUT2D eigenvalue weighted by atomic mass is 10.1. The second-order valence-electron chi connectivity index (χ2n) is 4.33. The van der Waals surface area contributed by atoms with E-state index >= 15 is 0 Å². The normalized spacial score (nSPS) is 10.5. The molecular weight excluding hydrogens is 262 g/mol. The second-order valence-corrected chi connectivity index (χ2v) is 4.33. The van der Waals surface area contributed by atoms with Crippen LogP contribution in [0.2, 0.25) is 0 Å². The number of H-pyrrole nitrogens is 1. The van der Waals surface area contributed by atoms with E-state index < -0.39 is 10.5 Å².